The van der Waals surface area contributed by atoms with Crippen molar-refractivity contribution in [1.82, 2.24) is 15.1 Å². The lowest BCUT2D eigenvalue weighted by Gasteiger charge is -2.17. The summed E-state index contributed by atoms with van der Waals surface area (Å²) in [7, 11) is 6.07. The van der Waals surface area contributed by atoms with Crippen molar-refractivity contribution in [2.24, 2.45) is 7.05 Å². The Morgan fingerprint density at radius 3 is 2.40 bits per heavy atom. The van der Waals surface area contributed by atoms with E-state index in [4.69, 9.17) is 0 Å². The van der Waals surface area contributed by atoms with Crippen LogP contribution in [0.5, 0.6) is 0 Å². The second-order valence-corrected chi connectivity index (χ2v) is 5.50. The fourth-order valence-electron chi connectivity index (χ4n) is 2.26. The first-order valence-electron chi connectivity index (χ1n) is 6.97. The summed E-state index contributed by atoms with van der Waals surface area (Å²) in [6.45, 7) is 5.08. The van der Waals surface area contributed by atoms with Crippen LogP contribution < -0.4 is 10.2 Å². The summed E-state index contributed by atoms with van der Waals surface area (Å²) >= 11 is 0. The van der Waals surface area contributed by atoms with Gasteiger partial charge in [0.1, 0.15) is 0 Å². The van der Waals surface area contributed by atoms with E-state index in [0.29, 0.717) is 6.04 Å². The summed E-state index contributed by atoms with van der Waals surface area (Å²) in [5.41, 5.74) is 4.88. The van der Waals surface area contributed by atoms with E-state index in [2.05, 4.69) is 66.8 Å². The zero-order valence-corrected chi connectivity index (χ0v) is 13.0. The first kappa shape index (κ1) is 14.6. The quantitative estimate of drug-likeness (QED) is 0.908. The molecule has 4 heteroatoms. The number of aromatic nitrogens is 2. The maximum atomic E-state index is 4.36. The Morgan fingerprint density at radius 1 is 1.25 bits per heavy atom. The van der Waals surface area contributed by atoms with Crippen molar-refractivity contribution in [1.29, 1.82) is 0 Å². The Kier molecular flexibility index (Phi) is 4.45. The molecule has 0 fully saturated rings. The van der Waals surface area contributed by atoms with Gasteiger partial charge in [-0.2, -0.15) is 5.10 Å². The molecule has 1 unspecified atom stereocenters. The van der Waals surface area contributed by atoms with Crippen molar-refractivity contribution in [2.45, 2.75) is 26.4 Å². The molecule has 1 atom stereocenters. The number of nitrogens with one attached hydrogen (secondary N) is 1. The lowest BCUT2D eigenvalue weighted by atomic mass is 10.1. The fraction of sp³-hybridized carbons (Fsp3) is 0.438. The van der Waals surface area contributed by atoms with Crippen LogP contribution in [0, 0.1) is 6.92 Å². The van der Waals surface area contributed by atoms with Gasteiger partial charge in [0.2, 0.25) is 0 Å². The summed E-state index contributed by atoms with van der Waals surface area (Å²) in [5.74, 6) is 0. The number of nitrogens with zero attached hydrogens (tertiary/aromatic N) is 3. The van der Waals surface area contributed by atoms with Crippen molar-refractivity contribution in [3.05, 3.63) is 47.3 Å². The van der Waals surface area contributed by atoms with Gasteiger partial charge in [-0.3, -0.25) is 4.68 Å². The third-order valence-electron chi connectivity index (χ3n) is 3.62. The molecule has 1 heterocycles. The van der Waals surface area contributed by atoms with E-state index in [9.17, 15) is 0 Å². The lowest BCUT2D eigenvalue weighted by Crippen LogP contribution is -2.18. The molecule has 0 bridgehead atoms. The molecule has 0 radical (unpaired) electrons. The van der Waals surface area contributed by atoms with Crippen LogP contribution in [0.3, 0.4) is 0 Å². The molecule has 20 heavy (non-hydrogen) atoms. The predicted molar refractivity (Wildman–Crippen MR) is 84.0 cm³/mol. The molecule has 1 aromatic carbocycles. The highest BCUT2D eigenvalue weighted by molar-refractivity contribution is 5.46. The summed E-state index contributed by atoms with van der Waals surface area (Å²) in [5, 5.41) is 7.92. The summed E-state index contributed by atoms with van der Waals surface area (Å²) in [6.07, 6.45) is 2.07. The van der Waals surface area contributed by atoms with Gasteiger partial charge in [-0.25, -0.2) is 0 Å². The third-order valence-corrected chi connectivity index (χ3v) is 3.62. The van der Waals surface area contributed by atoms with Gasteiger partial charge < -0.3 is 10.2 Å². The minimum atomic E-state index is 0.325. The highest BCUT2D eigenvalue weighted by Gasteiger charge is 2.08. The van der Waals surface area contributed by atoms with Crippen molar-refractivity contribution >= 4 is 5.69 Å². The number of hydrogen-bond acceptors (Lipinski definition) is 3. The van der Waals surface area contributed by atoms with Gasteiger partial charge in [-0.1, -0.05) is 12.1 Å². The van der Waals surface area contributed by atoms with Gasteiger partial charge in [-0.15, -0.1) is 0 Å². The minimum absolute atomic E-state index is 0.325. The highest BCUT2D eigenvalue weighted by atomic mass is 15.2. The molecule has 2 aromatic rings. The average Bonchev–Trinajstić information content (AvgIpc) is 2.74. The Bertz CT molecular complexity index is 554. The van der Waals surface area contributed by atoms with Crippen LogP contribution in [0.25, 0.3) is 0 Å². The molecule has 0 saturated carbocycles. The number of hydrogen-bond donors (Lipinski definition) is 1. The Morgan fingerprint density at radius 2 is 1.90 bits per heavy atom. The zero-order valence-electron chi connectivity index (χ0n) is 13.0. The third kappa shape index (κ3) is 3.39. The molecule has 0 amide bonds. The molecule has 0 spiro atoms. The lowest BCUT2D eigenvalue weighted by molar-refractivity contribution is 0.573. The van der Waals surface area contributed by atoms with Gasteiger partial charge in [0.05, 0.1) is 5.69 Å². The van der Waals surface area contributed by atoms with Crippen molar-refractivity contribution < 1.29 is 0 Å². The topological polar surface area (TPSA) is 33.1 Å². The summed E-state index contributed by atoms with van der Waals surface area (Å²) < 4.78 is 1.86. The standard InChI is InChI=1S/C16H24N4/c1-12(14-6-8-16(9-7-14)19(3)4)17-10-15-11-20(5)18-13(15)2/h6-9,11-12,17H,10H2,1-5H3. The van der Waals surface area contributed by atoms with Crippen molar-refractivity contribution in [3.63, 3.8) is 0 Å². The predicted octanol–water partition coefficient (Wildman–Crippen LogP) is 2.65. The van der Waals surface area contributed by atoms with Gasteiger partial charge in [0, 0.05) is 51.2 Å². The normalized spacial score (nSPS) is 12.4. The molecule has 1 aromatic heterocycles. The fourth-order valence-corrected chi connectivity index (χ4v) is 2.26. The molecule has 2 rings (SSSR count). The second-order valence-electron chi connectivity index (χ2n) is 5.50. The van der Waals surface area contributed by atoms with E-state index < -0.39 is 0 Å². The average molecular weight is 272 g/mol. The molecular weight excluding hydrogens is 248 g/mol. The molecule has 4 nitrogen and oxygen atoms in total. The first-order chi connectivity index (χ1) is 9.47. The van der Waals surface area contributed by atoms with Gasteiger partial charge >= 0.3 is 0 Å². The minimum Gasteiger partial charge on any atom is -0.378 e. The number of rotatable bonds is 5. The van der Waals surface area contributed by atoms with Crippen molar-refractivity contribution in [3.8, 4) is 0 Å². The maximum Gasteiger partial charge on any atom is 0.0638 e. The molecule has 1 N–H and O–H groups in total. The molecule has 0 saturated heterocycles. The summed E-state index contributed by atoms with van der Waals surface area (Å²) in [6, 6.07) is 9.00. The Balaban J connectivity index is 1.97. The smallest absolute Gasteiger partial charge is 0.0638 e. The van der Waals surface area contributed by atoms with Gasteiger partial charge in [-0.05, 0) is 31.5 Å². The number of benzene rings is 1. The van der Waals surface area contributed by atoms with E-state index in [1.807, 2.05) is 18.7 Å². The summed E-state index contributed by atoms with van der Waals surface area (Å²) in [4.78, 5) is 2.11. The van der Waals surface area contributed by atoms with E-state index in [1.165, 1.54) is 16.8 Å². The molecule has 0 aliphatic rings. The van der Waals surface area contributed by atoms with E-state index in [-0.39, 0.29) is 0 Å². The monoisotopic (exact) mass is 272 g/mol. The van der Waals surface area contributed by atoms with E-state index in [0.717, 1.165) is 12.2 Å². The van der Waals surface area contributed by atoms with E-state index >= 15 is 0 Å². The van der Waals surface area contributed by atoms with Gasteiger partial charge in [0.25, 0.3) is 0 Å². The Labute approximate surface area is 121 Å². The SMILES string of the molecule is Cc1nn(C)cc1CNC(C)c1ccc(N(C)C)cc1. The Hall–Kier alpha value is -1.81. The van der Waals surface area contributed by atoms with Crippen LogP contribution in [0.15, 0.2) is 30.5 Å². The number of anilines is 1. The van der Waals surface area contributed by atoms with Gasteiger partial charge in [0.15, 0.2) is 0 Å². The van der Waals surface area contributed by atoms with Crippen LogP contribution in [0.2, 0.25) is 0 Å². The highest BCUT2D eigenvalue weighted by Crippen LogP contribution is 2.18. The molecule has 0 aliphatic carbocycles. The largest absolute Gasteiger partial charge is 0.378 e. The van der Waals surface area contributed by atoms with Crippen LogP contribution in [-0.4, -0.2) is 23.9 Å². The van der Waals surface area contributed by atoms with Crippen LogP contribution >= 0.6 is 0 Å². The number of aryl methyl sites for hydroxylation is 2. The first-order valence-corrected chi connectivity index (χ1v) is 6.97. The molecular formula is C16H24N4. The van der Waals surface area contributed by atoms with Crippen LogP contribution in [0.1, 0.15) is 29.8 Å². The maximum absolute atomic E-state index is 4.36. The van der Waals surface area contributed by atoms with Crippen molar-refractivity contribution in [2.75, 3.05) is 19.0 Å². The van der Waals surface area contributed by atoms with E-state index in [1.54, 1.807) is 0 Å². The van der Waals surface area contributed by atoms with Crippen LogP contribution in [-0.2, 0) is 13.6 Å². The second kappa shape index (κ2) is 6.09. The van der Waals surface area contributed by atoms with Crippen LogP contribution in [0.4, 0.5) is 5.69 Å². The zero-order chi connectivity index (χ0) is 14.7. The molecule has 0 aliphatic heterocycles. The molecule has 108 valence electrons.